The minimum atomic E-state index is -0.0882. The van der Waals surface area contributed by atoms with Crippen LogP contribution in [-0.2, 0) is 11.8 Å². The van der Waals surface area contributed by atoms with Gasteiger partial charge in [0, 0.05) is 31.4 Å². The van der Waals surface area contributed by atoms with Gasteiger partial charge < -0.3 is 10.1 Å². The highest BCUT2D eigenvalue weighted by Crippen LogP contribution is 2.23. The van der Waals surface area contributed by atoms with Crippen molar-refractivity contribution in [3.05, 3.63) is 36.7 Å². The molecule has 1 N–H and O–H groups in total. The number of nitrogens with zero attached hydrogens (tertiary/aromatic N) is 3. The minimum Gasteiger partial charge on any atom is -0.484 e. The van der Waals surface area contributed by atoms with Crippen molar-refractivity contribution in [1.82, 2.24) is 20.0 Å². The Morgan fingerprint density at radius 2 is 2.32 bits per heavy atom. The van der Waals surface area contributed by atoms with Crippen molar-refractivity contribution >= 4 is 5.91 Å². The van der Waals surface area contributed by atoms with Crippen LogP contribution in [0.3, 0.4) is 0 Å². The summed E-state index contributed by atoms with van der Waals surface area (Å²) in [4.78, 5) is 14.5. The summed E-state index contributed by atoms with van der Waals surface area (Å²) >= 11 is 0. The summed E-state index contributed by atoms with van der Waals surface area (Å²) in [6.07, 6.45) is 6.08. The molecule has 1 aliphatic heterocycles. The van der Waals surface area contributed by atoms with Crippen molar-refractivity contribution in [3.63, 3.8) is 0 Å². The molecular formula is C19H25N4O2. The number of nitrogens with one attached hydrogen (secondary N) is 1. The Morgan fingerprint density at radius 1 is 1.44 bits per heavy atom. The summed E-state index contributed by atoms with van der Waals surface area (Å²) < 4.78 is 7.37. The summed E-state index contributed by atoms with van der Waals surface area (Å²) in [6, 6.07) is 9.02. The SMILES string of the molecule is CCN1CCCC1CNC(=O)COc1c[c]cc(-c2cnn(C)c2)c1. The summed E-state index contributed by atoms with van der Waals surface area (Å²) in [5.41, 5.74) is 1.96. The van der Waals surface area contributed by atoms with Crippen LogP contribution in [0.5, 0.6) is 5.75 Å². The highest BCUT2D eigenvalue weighted by atomic mass is 16.5. The normalized spacial score (nSPS) is 17.6. The summed E-state index contributed by atoms with van der Waals surface area (Å²) in [5, 5.41) is 7.15. The predicted octanol–water partition coefficient (Wildman–Crippen LogP) is 1.87. The van der Waals surface area contributed by atoms with Crippen molar-refractivity contribution in [2.75, 3.05) is 26.2 Å². The second kappa shape index (κ2) is 8.16. The van der Waals surface area contributed by atoms with Gasteiger partial charge >= 0.3 is 0 Å². The Morgan fingerprint density at radius 3 is 3.08 bits per heavy atom. The molecule has 0 bridgehead atoms. The van der Waals surface area contributed by atoms with Crippen LogP contribution in [0.2, 0.25) is 0 Å². The highest BCUT2D eigenvalue weighted by Gasteiger charge is 2.23. The lowest BCUT2D eigenvalue weighted by Crippen LogP contribution is -2.41. The molecule has 133 valence electrons. The van der Waals surface area contributed by atoms with Crippen molar-refractivity contribution < 1.29 is 9.53 Å². The van der Waals surface area contributed by atoms with Crippen LogP contribution in [0, 0.1) is 6.07 Å². The predicted molar refractivity (Wildman–Crippen MR) is 96.3 cm³/mol. The average molecular weight is 341 g/mol. The van der Waals surface area contributed by atoms with Gasteiger partial charge in [0.1, 0.15) is 5.75 Å². The first-order chi connectivity index (χ1) is 12.2. The van der Waals surface area contributed by atoms with Crippen molar-refractivity contribution in [2.45, 2.75) is 25.8 Å². The molecule has 1 fully saturated rings. The second-order valence-electron chi connectivity index (χ2n) is 6.38. The zero-order valence-corrected chi connectivity index (χ0v) is 14.9. The van der Waals surface area contributed by atoms with E-state index >= 15 is 0 Å². The number of rotatable bonds is 7. The molecule has 1 aromatic heterocycles. The molecule has 1 radical (unpaired) electrons. The lowest BCUT2D eigenvalue weighted by molar-refractivity contribution is -0.123. The van der Waals surface area contributed by atoms with Crippen LogP contribution in [0.4, 0.5) is 0 Å². The van der Waals surface area contributed by atoms with Crippen molar-refractivity contribution in [3.8, 4) is 16.9 Å². The van der Waals surface area contributed by atoms with E-state index in [-0.39, 0.29) is 12.5 Å². The lowest BCUT2D eigenvalue weighted by atomic mass is 10.1. The van der Waals surface area contributed by atoms with Gasteiger partial charge in [0.15, 0.2) is 6.61 Å². The maximum Gasteiger partial charge on any atom is 0.257 e. The molecule has 2 aromatic rings. The lowest BCUT2D eigenvalue weighted by Gasteiger charge is -2.22. The smallest absolute Gasteiger partial charge is 0.257 e. The van der Waals surface area contributed by atoms with Crippen molar-refractivity contribution in [2.24, 2.45) is 7.05 Å². The maximum absolute atomic E-state index is 12.0. The third kappa shape index (κ3) is 4.60. The molecule has 1 amide bonds. The average Bonchev–Trinajstić information content (AvgIpc) is 3.27. The number of ether oxygens (including phenoxy) is 1. The quantitative estimate of drug-likeness (QED) is 0.835. The maximum atomic E-state index is 12.0. The van der Waals surface area contributed by atoms with Gasteiger partial charge in [-0.05, 0) is 55.8 Å². The standard InChI is InChI=1S/C19H25N4O2/c1-3-23-9-5-7-17(23)12-20-19(24)14-25-18-8-4-6-15(10-18)16-11-21-22(2)13-16/h6,8,10-11,13,17H,3,5,7,9,12,14H2,1-2H3,(H,20,24). The van der Waals surface area contributed by atoms with E-state index in [2.05, 4.69) is 28.3 Å². The Balaban J connectivity index is 1.49. The van der Waals surface area contributed by atoms with Crippen LogP contribution in [0.15, 0.2) is 30.6 Å². The Hall–Kier alpha value is -2.34. The number of likely N-dealkylation sites (N-methyl/N-ethyl adjacent to an activating group) is 1. The van der Waals surface area contributed by atoms with Gasteiger partial charge in [-0.3, -0.25) is 14.4 Å². The van der Waals surface area contributed by atoms with E-state index in [0.717, 1.165) is 30.6 Å². The molecule has 25 heavy (non-hydrogen) atoms. The number of hydrogen-bond acceptors (Lipinski definition) is 4. The van der Waals surface area contributed by atoms with Crippen LogP contribution in [-0.4, -0.2) is 52.9 Å². The number of benzene rings is 1. The molecule has 0 aliphatic carbocycles. The van der Waals surface area contributed by atoms with E-state index in [9.17, 15) is 4.79 Å². The first kappa shape index (κ1) is 17.5. The molecule has 0 spiro atoms. The van der Waals surface area contributed by atoms with Gasteiger partial charge in [0.2, 0.25) is 0 Å². The fraction of sp³-hybridized carbons (Fsp3) is 0.474. The van der Waals surface area contributed by atoms with Gasteiger partial charge in [0.25, 0.3) is 5.91 Å². The first-order valence-corrected chi connectivity index (χ1v) is 8.79. The van der Waals surface area contributed by atoms with E-state index in [0.29, 0.717) is 18.3 Å². The van der Waals surface area contributed by atoms with Gasteiger partial charge in [-0.2, -0.15) is 5.10 Å². The van der Waals surface area contributed by atoms with E-state index in [1.54, 1.807) is 16.9 Å². The minimum absolute atomic E-state index is 0.0170. The highest BCUT2D eigenvalue weighted by molar-refractivity contribution is 5.77. The fourth-order valence-corrected chi connectivity index (χ4v) is 3.24. The molecule has 1 atom stereocenters. The van der Waals surface area contributed by atoms with Gasteiger partial charge in [0.05, 0.1) is 6.20 Å². The van der Waals surface area contributed by atoms with Crippen LogP contribution in [0.25, 0.3) is 11.1 Å². The zero-order valence-electron chi connectivity index (χ0n) is 14.9. The third-order valence-electron chi connectivity index (χ3n) is 4.61. The third-order valence-corrected chi connectivity index (χ3v) is 4.61. The van der Waals surface area contributed by atoms with Crippen molar-refractivity contribution in [1.29, 1.82) is 0 Å². The Labute approximate surface area is 148 Å². The zero-order chi connectivity index (χ0) is 17.6. The monoisotopic (exact) mass is 341 g/mol. The molecular weight excluding hydrogens is 316 g/mol. The van der Waals surface area contributed by atoms with Gasteiger partial charge in [-0.15, -0.1) is 0 Å². The van der Waals surface area contributed by atoms with Gasteiger partial charge in [-0.1, -0.05) is 6.92 Å². The largest absolute Gasteiger partial charge is 0.484 e. The fourth-order valence-electron chi connectivity index (χ4n) is 3.24. The number of aromatic nitrogens is 2. The molecule has 1 unspecified atom stereocenters. The van der Waals surface area contributed by atoms with E-state index in [1.807, 2.05) is 25.4 Å². The van der Waals surface area contributed by atoms with E-state index in [4.69, 9.17) is 4.74 Å². The molecule has 2 heterocycles. The topological polar surface area (TPSA) is 59.4 Å². The van der Waals surface area contributed by atoms with E-state index < -0.39 is 0 Å². The second-order valence-corrected chi connectivity index (χ2v) is 6.38. The molecule has 3 rings (SSSR count). The first-order valence-electron chi connectivity index (χ1n) is 8.79. The number of carbonyl (C=O) groups excluding carboxylic acids is 1. The number of amides is 1. The van der Waals surface area contributed by atoms with E-state index in [1.165, 1.54) is 6.42 Å². The van der Waals surface area contributed by atoms with Crippen LogP contribution in [0.1, 0.15) is 19.8 Å². The molecule has 1 saturated heterocycles. The Bertz CT molecular complexity index is 713. The number of aryl methyl sites for hydroxylation is 1. The van der Waals surface area contributed by atoms with Crippen LogP contribution >= 0.6 is 0 Å². The molecule has 6 nitrogen and oxygen atoms in total. The molecule has 1 aliphatic rings. The number of hydrogen-bond donors (Lipinski definition) is 1. The number of likely N-dealkylation sites (tertiary alicyclic amines) is 1. The molecule has 6 heteroatoms. The molecule has 0 saturated carbocycles. The number of carbonyl (C=O) groups is 1. The van der Waals surface area contributed by atoms with Crippen LogP contribution < -0.4 is 10.1 Å². The Kier molecular flexibility index (Phi) is 5.71. The summed E-state index contributed by atoms with van der Waals surface area (Å²) in [6.45, 7) is 5.04. The molecule has 1 aromatic carbocycles. The summed E-state index contributed by atoms with van der Waals surface area (Å²) in [5.74, 6) is 0.544. The summed E-state index contributed by atoms with van der Waals surface area (Å²) in [7, 11) is 1.88. The van der Waals surface area contributed by atoms with Gasteiger partial charge in [-0.25, -0.2) is 0 Å².